The summed E-state index contributed by atoms with van der Waals surface area (Å²) in [4.78, 5) is 22.0. The van der Waals surface area contributed by atoms with E-state index in [2.05, 4.69) is 10.4 Å². The third-order valence-corrected chi connectivity index (χ3v) is 2.53. The number of aromatic nitrogens is 2. The van der Waals surface area contributed by atoms with Crippen LogP contribution in [0.25, 0.3) is 0 Å². The summed E-state index contributed by atoms with van der Waals surface area (Å²) in [5.74, 6) is -0.368. The quantitative estimate of drug-likeness (QED) is 0.761. The number of Topliss-reactive ketones (excluding diaryl/α,β-unsaturated/α-hetero) is 1. The lowest BCUT2D eigenvalue weighted by molar-refractivity contribution is -0.127. The van der Waals surface area contributed by atoms with Gasteiger partial charge in [-0.1, -0.05) is 0 Å². The van der Waals surface area contributed by atoms with E-state index < -0.39 is 0 Å². The number of hydrogen-bond acceptors (Lipinski definition) is 3. The Morgan fingerprint density at radius 2 is 2.00 bits per heavy atom. The topological polar surface area (TPSA) is 64.0 Å². The van der Waals surface area contributed by atoms with Gasteiger partial charge in [-0.3, -0.25) is 14.3 Å². The normalized spacial score (nSPS) is 10.2. The highest BCUT2D eigenvalue weighted by molar-refractivity contribution is 5.96. The Balaban J connectivity index is 2.61. The summed E-state index contributed by atoms with van der Waals surface area (Å²) >= 11 is 0. The Labute approximate surface area is 94.8 Å². The van der Waals surface area contributed by atoms with Crippen molar-refractivity contribution in [2.45, 2.75) is 33.7 Å². The summed E-state index contributed by atoms with van der Waals surface area (Å²) in [7, 11) is 1.86. The average molecular weight is 223 g/mol. The van der Waals surface area contributed by atoms with E-state index in [9.17, 15) is 9.59 Å². The summed E-state index contributed by atoms with van der Waals surface area (Å²) < 4.78 is 1.78. The van der Waals surface area contributed by atoms with Crippen molar-refractivity contribution in [2.24, 2.45) is 7.05 Å². The molecule has 1 aromatic heterocycles. The largest absolute Gasteiger partial charge is 0.352 e. The van der Waals surface area contributed by atoms with Crippen molar-refractivity contribution in [1.29, 1.82) is 0 Å². The van der Waals surface area contributed by atoms with E-state index in [1.807, 2.05) is 20.9 Å². The van der Waals surface area contributed by atoms with Crippen LogP contribution in [0.1, 0.15) is 30.3 Å². The highest BCUT2D eigenvalue weighted by atomic mass is 16.2. The molecule has 0 radical (unpaired) electrons. The molecule has 0 aliphatic heterocycles. The summed E-state index contributed by atoms with van der Waals surface area (Å²) in [5.41, 5.74) is 2.95. The van der Waals surface area contributed by atoms with Gasteiger partial charge in [-0.2, -0.15) is 5.10 Å². The molecule has 5 heteroatoms. The molecule has 1 aromatic rings. The molecule has 1 amide bonds. The van der Waals surface area contributed by atoms with Gasteiger partial charge in [0, 0.05) is 24.8 Å². The second-order valence-corrected chi connectivity index (χ2v) is 3.93. The molecule has 0 atom stereocenters. The van der Waals surface area contributed by atoms with Gasteiger partial charge in [0.1, 0.15) is 5.78 Å². The zero-order valence-corrected chi connectivity index (χ0v) is 10.1. The van der Waals surface area contributed by atoms with Gasteiger partial charge in [0.25, 0.3) is 0 Å². The fraction of sp³-hybridized carbons (Fsp3) is 0.545. The molecule has 1 rings (SSSR count). The Morgan fingerprint density at radius 3 is 2.44 bits per heavy atom. The van der Waals surface area contributed by atoms with E-state index in [4.69, 9.17) is 0 Å². The molecule has 0 fully saturated rings. The summed E-state index contributed by atoms with van der Waals surface area (Å²) in [6, 6.07) is 0. The number of rotatable bonds is 4. The molecule has 1 heterocycles. The molecule has 0 saturated carbocycles. The number of aryl methyl sites for hydroxylation is 2. The molecular weight excluding hydrogens is 206 g/mol. The molecule has 16 heavy (non-hydrogen) atoms. The Hall–Kier alpha value is -1.65. The van der Waals surface area contributed by atoms with Gasteiger partial charge in [0.2, 0.25) is 5.91 Å². The third kappa shape index (κ3) is 2.92. The van der Waals surface area contributed by atoms with Crippen LogP contribution in [0.5, 0.6) is 0 Å². The second-order valence-electron chi connectivity index (χ2n) is 3.93. The molecule has 0 saturated heterocycles. The van der Waals surface area contributed by atoms with Crippen LogP contribution in [0, 0.1) is 13.8 Å². The number of hydrogen-bond donors (Lipinski definition) is 1. The van der Waals surface area contributed by atoms with Crippen LogP contribution in [0.2, 0.25) is 0 Å². The van der Waals surface area contributed by atoms with Crippen molar-refractivity contribution in [1.82, 2.24) is 15.1 Å². The van der Waals surface area contributed by atoms with E-state index in [1.165, 1.54) is 6.92 Å². The van der Waals surface area contributed by atoms with Crippen molar-refractivity contribution < 1.29 is 9.59 Å². The van der Waals surface area contributed by atoms with Crippen molar-refractivity contribution in [3.05, 3.63) is 17.0 Å². The minimum atomic E-state index is -0.241. The molecule has 0 aliphatic rings. The summed E-state index contributed by atoms with van der Waals surface area (Å²) in [6.45, 7) is 5.68. The third-order valence-electron chi connectivity index (χ3n) is 2.53. The lowest BCUT2D eigenvalue weighted by Crippen LogP contribution is -2.25. The Morgan fingerprint density at radius 1 is 1.38 bits per heavy atom. The fourth-order valence-corrected chi connectivity index (χ4v) is 1.55. The first-order chi connectivity index (χ1) is 7.41. The molecule has 0 spiro atoms. The van der Waals surface area contributed by atoms with Crippen molar-refractivity contribution in [3.8, 4) is 0 Å². The van der Waals surface area contributed by atoms with Gasteiger partial charge in [0.05, 0.1) is 12.1 Å². The molecule has 1 N–H and O–H groups in total. The lowest BCUT2D eigenvalue weighted by Gasteiger charge is -2.04. The molecule has 0 aromatic carbocycles. The predicted octanol–water partition coefficient (Wildman–Crippen LogP) is 0.632. The number of carbonyl (C=O) groups is 2. The number of ketones is 1. The first-order valence-electron chi connectivity index (χ1n) is 5.17. The van der Waals surface area contributed by atoms with Crippen molar-refractivity contribution in [2.75, 3.05) is 0 Å². The van der Waals surface area contributed by atoms with Gasteiger partial charge in [0.15, 0.2) is 0 Å². The minimum absolute atomic E-state index is 0.0572. The van der Waals surface area contributed by atoms with E-state index in [1.54, 1.807) is 4.68 Å². The average Bonchev–Trinajstić information content (AvgIpc) is 2.38. The maximum absolute atomic E-state index is 11.3. The molecule has 0 bridgehead atoms. The zero-order chi connectivity index (χ0) is 12.3. The molecule has 88 valence electrons. The first kappa shape index (κ1) is 12.4. The van der Waals surface area contributed by atoms with Gasteiger partial charge in [-0.05, 0) is 20.8 Å². The Bertz CT molecular complexity index is 421. The van der Waals surface area contributed by atoms with Crippen molar-refractivity contribution in [3.63, 3.8) is 0 Å². The number of nitrogens with one attached hydrogen (secondary N) is 1. The number of amides is 1. The van der Waals surface area contributed by atoms with E-state index >= 15 is 0 Å². The maximum Gasteiger partial charge on any atom is 0.227 e. The minimum Gasteiger partial charge on any atom is -0.352 e. The van der Waals surface area contributed by atoms with Gasteiger partial charge in [-0.15, -0.1) is 0 Å². The molecule has 0 aliphatic carbocycles. The van der Waals surface area contributed by atoms with Crippen LogP contribution >= 0.6 is 0 Å². The smallest absolute Gasteiger partial charge is 0.227 e. The van der Waals surface area contributed by atoms with Crippen LogP contribution in [0.4, 0.5) is 0 Å². The zero-order valence-electron chi connectivity index (χ0n) is 10.1. The van der Waals surface area contributed by atoms with Crippen LogP contribution in [0.15, 0.2) is 0 Å². The molecule has 5 nitrogen and oxygen atoms in total. The SMILES string of the molecule is CC(=O)CC(=O)NCc1c(C)nn(C)c1C. The van der Waals surface area contributed by atoms with Crippen LogP contribution in [-0.2, 0) is 23.2 Å². The van der Waals surface area contributed by atoms with Gasteiger partial charge < -0.3 is 5.32 Å². The van der Waals surface area contributed by atoms with Crippen LogP contribution in [-0.4, -0.2) is 21.5 Å². The van der Waals surface area contributed by atoms with Crippen molar-refractivity contribution >= 4 is 11.7 Å². The van der Waals surface area contributed by atoms with Crippen LogP contribution in [0.3, 0.4) is 0 Å². The lowest BCUT2D eigenvalue weighted by atomic mass is 10.2. The van der Waals surface area contributed by atoms with E-state index in [0.29, 0.717) is 6.54 Å². The monoisotopic (exact) mass is 223 g/mol. The fourth-order valence-electron chi connectivity index (χ4n) is 1.55. The van der Waals surface area contributed by atoms with Gasteiger partial charge in [-0.25, -0.2) is 0 Å². The second kappa shape index (κ2) is 4.92. The number of nitrogens with zero attached hydrogens (tertiary/aromatic N) is 2. The van der Waals surface area contributed by atoms with Gasteiger partial charge >= 0.3 is 0 Å². The standard InChI is InChI=1S/C11H17N3O2/c1-7(15)5-11(16)12-6-10-8(2)13-14(4)9(10)3/h5-6H2,1-4H3,(H,12,16). The highest BCUT2D eigenvalue weighted by Gasteiger charge is 2.11. The molecule has 0 unspecified atom stereocenters. The maximum atomic E-state index is 11.3. The Kier molecular flexibility index (Phi) is 3.82. The first-order valence-corrected chi connectivity index (χ1v) is 5.17. The predicted molar refractivity (Wildman–Crippen MR) is 59.8 cm³/mol. The van der Waals surface area contributed by atoms with Crippen LogP contribution < -0.4 is 5.32 Å². The summed E-state index contributed by atoms with van der Waals surface area (Å²) in [6.07, 6.45) is -0.0572. The summed E-state index contributed by atoms with van der Waals surface area (Å²) in [5, 5.41) is 6.96. The van der Waals surface area contributed by atoms with E-state index in [0.717, 1.165) is 17.0 Å². The van der Waals surface area contributed by atoms with E-state index in [-0.39, 0.29) is 18.1 Å². The number of carbonyl (C=O) groups excluding carboxylic acids is 2. The molecular formula is C11H17N3O2. The highest BCUT2D eigenvalue weighted by Crippen LogP contribution is 2.11.